The molecule has 0 spiro atoms. The molecule has 3 nitrogen and oxygen atoms in total. The van der Waals surface area contributed by atoms with Gasteiger partial charge in [-0.15, -0.1) is 0 Å². The first-order valence-corrected chi connectivity index (χ1v) is 5.50. The summed E-state index contributed by atoms with van der Waals surface area (Å²) in [5.74, 6) is -0.0413. The lowest BCUT2D eigenvalue weighted by Crippen LogP contribution is -1.99. The van der Waals surface area contributed by atoms with Crippen LogP contribution < -0.4 is 0 Å². The van der Waals surface area contributed by atoms with Gasteiger partial charge >= 0.3 is 5.97 Å². The number of hydrogen-bond acceptors (Lipinski definition) is 2. The monoisotopic (exact) mass is 230 g/mol. The number of ether oxygens (including phenoxy) is 1. The van der Waals surface area contributed by atoms with E-state index in [9.17, 15) is 4.79 Å². The van der Waals surface area contributed by atoms with Crippen LogP contribution in [0.1, 0.15) is 28.8 Å². The molecule has 0 saturated heterocycles. The van der Waals surface area contributed by atoms with Crippen molar-refractivity contribution in [1.29, 1.82) is 0 Å². The quantitative estimate of drug-likeness (QED) is 0.867. The first-order chi connectivity index (χ1) is 8.22. The van der Waals surface area contributed by atoms with Crippen LogP contribution in [0, 0.1) is 0 Å². The molecule has 0 unspecified atom stereocenters. The van der Waals surface area contributed by atoms with Gasteiger partial charge in [-0.3, -0.25) is 0 Å². The fourth-order valence-corrected chi connectivity index (χ4v) is 1.93. The van der Waals surface area contributed by atoms with E-state index < -0.39 is 5.97 Å². The lowest BCUT2D eigenvalue weighted by atomic mass is 9.95. The lowest BCUT2D eigenvalue weighted by Gasteiger charge is -2.15. The van der Waals surface area contributed by atoms with Gasteiger partial charge in [0.15, 0.2) is 0 Å². The minimum absolute atomic E-state index is 0.305. The fraction of sp³-hybridized carbons (Fsp3) is 0.214. The van der Waals surface area contributed by atoms with Gasteiger partial charge in [-0.25, -0.2) is 4.79 Å². The lowest BCUT2D eigenvalue weighted by molar-refractivity contribution is 0.0697. The van der Waals surface area contributed by atoms with Gasteiger partial charge in [0.2, 0.25) is 0 Å². The van der Waals surface area contributed by atoms with Crippen LogP contribution in [0.4, 0.5) is 0 Å². The third-order valence-corrected chi connectivity index (χ3v) is 2.83. The highest BCUT2D eigenvalue weighted by atomic mass is 16.5. The van der Waals surface area contributed by atoms with Crippen LogP contribution >= 0.6 is 0 Å². The Morgan fingerprint density at radius 3 is 2.59 bits per heavy atom. The van der Waals surface area contributed by atoms with Crippen molar-refractivity contribution in [2.45, 2.75) is 12.8 Å². The van der Waals surface area contributed by atoms with Crippen LogP contribution in [0.15, 0.2) is 42.2 Å². The van der Waals surface area contributed by atoms with E-state index in [0.717, 1.165) is 29.7 Å². The van der Waals surface area contributed by atoms with Gasteiger partial charge < -0.3 is 9.84 Å². The molecule has 2 rings (SSSR count). The summed E-state index contributed by atoms with van der Waals surface area (Å²) in [5, 5.41) is 8.84. The van der Waals surface area contributed by atoms with Crippen molar-refractivity contribution in [2.75, 3.05) is 7.11 Å². The molecule has 3 heteroatoms. The summed E-state index contributed by atoms with van der Waals surface area (Å²) in [6.07, 6.45) is 5.95. The van der Waals surface area contributed by atoms with Crippen molar-refractivity contribution in [3.63, 3.8) is 0 Å². The van der Waals surface area contributed by atoms with Gasteiger partial charge in [0.05, 0.1) is 12.7 Å². The highest BCUT2D eigenvalue weighted by Gasteiger charge is 2.11. The molecule has 1 aromatic rings. The van der Waals surface area contributed by atoms with Crippen molar-refractivity contribution in [3.05, 3.63) is 53.3 Å². The van der Waals surface area contributed by atoms with E-state index in [0.29, 0.717) is 5.56 Å². The maximum atomic E-state index is 10.8. The summed E-state index contributed by atoms with van der Waals surface area (Å²) in [6.45, 7) is 0. The van der Waals surface area contributed by atoms with Crippen molar-refractivity contribution in [2.24, 2.45) is 0 Å². The SMILES string of the molecule is COC1=C(c2ccc(C(=O)O)cc2)CCC=C1. The Bertz CT molecular complexity index is 481. The fourth-order valence-electron chi connectivity index (χ4n) is 1.93. The van der Waals surface area contributed by atoms with Gasteiger partial charge in [0, 0.05) is 5.57 Å². The number of hydrogen-bond donors (Lipinski definition) is 1. The van der Waals surface area contributed by atoms with Crippen molar-refractivity contribution >= 4 is 11.5 Å². The van der Waals surface area contributed by atoms with Gasteiger partial charge in [-0.1, -0.05) is 18.2 Å². The van der Waals surface area contributed by atoms with Gasteiger partial charge in [0.25, 0.3) is 0 Å². The average Bonchev–Trinajstić information content (AvgIpc) is 2.39. The third kappa shape index (κ3) is 2.38. The Kier molecular flexibility index (Phi) is 3.28. The molecule has 1 aliphatic rings. The van der Waals surface area contributed by atoms with E-state index >= 15 is 0 Å². The van der Waals surface area contributed by atoms with Crippen molar-refractivity contribution in [1.82, 2.24) is 0 Å². The first kappa shape index (κ1) is 11.5. The summed E-state index contributed by atoms with van der Waals surface area (Å²) in [4.78, 5) is 10.8. The van der Waals surface area contributed by atoms with Crippen molar-refractivity contribution < 1.29 is 14.6 Å². The number of methoxy groups -OCH3 is 1. The molecule has 0 fully saturated rings. The van der Waals surface area contributed by atoms with Crippen LogP contribution in [0.5, 0.6) is 0 Å². The first-order valence-electron chi connectivity index (χ1n) is 5.50. The largest absolute Gasteiger partial charge is 0.496 e. The standard InChI is InChI=1S/C14H14O3/c1-17-13-5-3-2-4-12(13)10-6-8-11(9-7-10)14(15)16/h3,5-9H,2,4H2,1H3,(H,15,16). The number of aromatic carboxylic acids is 1. The zero-order valence-corrected chi connectivity index (χ0v) is 9.64. The summed E-state index contributed by atoms with van der Waals surface area (Å²) in [6, 6.07) is 6.90. The molecule has 1 aliphatic carbocycles. The summed E-state index contributed by atoms with van der Waals surface area (Å²) < 4.78 is 5.31. The van der Waals surface area contributed by atoms with E-state index in [1.54, 1.807) is 19.2 Å². The van der Waals surface area contributed by atoms with Crippen LogP contribution in [0.25, 0.3) is 5.57 Å². The predicted octanol–water partition coefficient (Wildman–Crippen LogP) is 3.09. The molecule has 0 atom stereocenters. The molecule has 1 aromatic carbocycles. The van der Waals surface area contributed by atoms with Gasteiger partial charge in [0.1, 0.15) is 5.76 Å². The smallest absolute Gasteiger partial charge is 0.335 e. The van der Waals surface area contributed by atoms with E-state index in [-0.39, 0.29) is 0 Å². The zero-order chi connectivity index (χ0) is 12.3. The Hall–Kier alpha value is -2.03. The number of allylic oxidation sites excluding steroid dienone is 3. The van der Waals surface area contributed by atoms with E-state index in [4.69, 9.17) is 9.84 Å². The molecule has 88 valence electrons. The number of benzene rings is 1. The topological polar surface area (TPSA) is 46.5 Å². The molecular formula is C14H14O3. The van der Waals surface area contributed by atoms with Crippen LogP contribution in [-0.4, -0.2) is 18.2 Å². The highest BCUT2D eigenvalue weighted by molar-refractivity contribution is 5.88. The maximum absolute atomic E-state index is 10.8. The van der Waals surface area contributed by atoms with Crippen LogP contribution in [0.3, 0.4) is 0 Å². The third-order valence-electron chi connectivity index (χ3n) is 2.83. The molecule has 0 radical (unpaired) electrons. The minimum Gasteiger partial charge on any atom is -0.496 e. The molecule has 0 amide bonds. The van der Waals surface area contributed by atoms with E-state index in [1.165, 1.54) is 0 Å². The Labute approximate surface area is 100 Å². The average molecular weight is 230 g/mol. The Morgan fingerprint density at radius 1 is 1.29 bits per heavy atom. The van der Waals surface area contributed by atoms with Gasteiger partial charge in [-0.2, -0.15) is 0 Å². The van der Waals surface area contributed by atoms with E-state index in [2.05, 4.69) is 6.08 Å². The highest BCUT2D eigenvalue weighted by Crippen LogP contribution is 2.28. The summed E-state index contributed by atoms with van der Waals surface area (Å²) in [5.41, 5.74) is 2.46. The van der Waals surface area contributed by atoms with E-state index in [1.807, 2.05) is 18.2 Å². The number of carboxylic acids is 1. The predicted molar refractivity (Wildman–Crippen MR) is 65.7 cm³/mol. The minimum atomic E-state index is -0.902. The Balaban J connectivity index is 2.36. The molecule has 0 aliphatic heterocycles. The second-order valence-electron chi connectivity index (χ2n) is 3.87. The normalized spacial score (nSPS) is 14.9. The second-order valence-corrected chi connectivity index (χ2v) is 3.87. The summed E-state index contributed by atoms with van der Waals surface area (Å²) >= 11 is 0. The molecule has 0 bridgehead atoms. The number of rotatable bonds is 3. The molecule has 17 heavy (non-hydrogen) atoms. The zero-order valence-electron chi connectivity index (χ0n) is 9.64. The second kappa shape index (κ2) is 4.87. The molecule has 0 heterocycles. The number of carbonyl (C=O) groups is 1. The van der Waals surface area contributed by atoms with Gasteiger partial charge in [-0.05, 0) is 36.6 Å². The van der Waals surface area contributed by atoms with Crippen molar-refractivity contribution in [3.8, 4) is 0 Å². The molecular weight excluding hydrogens is 216 g/mol. The summed E-state index contributed by atoms with van der Waals surface area (Å²) in [7, 11) is 1.65. The Morgan fingerprint density at radius 2 is 2.00 bits per heavy atom. The molecule has 0 aromatic heterocycles. The number of carboxylic acid groups (broad SMARTS) is 1. The van der Waals surface area contributed by atoms with Crippen LogP contribution in [0.2, 0.25) is 0 Å². The van der Waals surface area contributed by atoms with Crippen LogP contribution in [-0.2, 0) is 4.74 Å². The maximum Gasteiger partial charge on any atom is 0.335 e. The molecule has 0 saturated carbocycles. The molecule has 1 N–H and O–H groups in total.